The van der Waals surface area contributed by atoms with Crippen molar-refractivity contribution < 1.29 is 18.0 Å². The molecule has 1 aromatic carbocycles. The van der Waals surface area contributed by atoms with Crippen molar-refractivity contribution in [1.29, 1.82) is 0 Å². The van der Waals surface area contributed by atoms with Gasteiger partial charge in [-0.15, -0.1) is 0 Å². The van der Waals surface area contributed by atoms with Crippen LogP contribution in [0.4, 0.5) is 19.0 Å². The van der Waals surface area contributed by atoms with Crippen molar-refractivity contribution in [1.82, 2.24) is 10.3 Å². The Bertz CT molecular complexity index is 792. The zero-order valence-electron chi connectivity index (χ0n) is 13.7. The highest BCUT2D eigenvalue weighted by atomic mass is 35.5. The molecule has 0 atom stereocenters. The van der Waals surface area contributed by atoms with E-state index in [1.807, 2.05) is 30.3 Å². The molecule has 0 radical (unpaired) electrons. The topological polar surface area (TPSA) is 54.0 Å². The molecule has 1 aliphatic carbocycles. The van der Waals surface area contributed by atoms with E-state index in [0.29, 0.717) is 13.1 Å². The Morgan fingerprint density at radius 2 is 1.88 bits per heavy atom. The third kappa shape index (κ3) is 3.93. The molecule has 1 fully saturated rings. The number of aromatic nitrogens is 1. The summed E-state index contributed by atoms with van der Waals surface area (Å²) in [6, 6.07) is 10.4. The van der Waals surface area contributed by atoms with E-state index in [-0.39, 0.29) is 16.7 Å². The molecule has 26 heavy (non-hydrogen) atoms. The van der Waals surface area contributed by atoms with Gasteiger partial charge in [0.05, 0.1) is 16.0 Å². The van der Waals surface area contributed by atoms with Gasteiger partial charge < -0.3 is 10.6 Å². The monoisotopic (exact) mass is 383 g/mol. The Morgan fingerprint density at radius 1 is 1.19 bits per heavy atom. The molecule has 138 valence electrons. The molecule has 8 heteroatoms. The number of hydrogen-bond acceptors (Lipinski definition) is 3. The molecule has 1 aliphatic rings. The maximum absolute atomic E-state index is 12.6. The Hall–Kier alpha value is -2.28. The summed E-state index contributed by atoms with van der Waals surface area (Å²) in [4.78, 5) is 16.1. The molecule has 0 unspecified atom stereocenters. The van der Waals surface area contributed by atoms with E-state index >= 15 is 0 Å². The van der Waals surface area contributed by atoms with Crippen LogP contribution in [0.25, 0.3) is 0 Å². The second-order valence-electron chi connectivity index (χ2n) is 6.18. The summed E-state index contributed by atoms with van der Waals surface area (Å²) in [6.07, 6.45) is -2.15. The summed E-state index contributed by atoms with van der Waals surface area (Å²) in [5.74, 6) is 0.107. The van der Waals surface area contributed by atoms with Gasteiger partial charge in [0.2, 0.25) is 5.91 Å². The fourth-order valence-corrected chi connectivity index (χ4v) is 3.01. The highest BCUT2D eigenvalue weighted by molar-refractivity contribution is 6.32. The minimum Gasteiger partial charge on any atom is -0.367 e. The first-order valence-electron chi connectivity index (χ1n) is 8.13. The lowest BCUT2D eigenvalue weighted by molar-refractivity contribution is -0.137. The van der Waals surface area contributed by atoms with Crippen LogP contribution >= 0.6 is 11.6 Å². The summed E-state index contributed by atoms with van der Waals surface area (Å²) in [5.41, 5.74) is -0.358. The number of carbonyl (C=O) groups excluding carboxylic acids is 1. The van der Waals surface area contributed by atoms with Gasteiger partial charge in [0.25, 0.3) is 0 Å². The van der Waals surface area contributed by atoms with Gasteiger partial charge in [-0.2, -0.15) is 13.2 Å². The van der Waals surface area contributed by atoms with Crippen LogP contribution in [-0.4, -0.2) is 24.0 Å². The van der Waals surface area contributed by atoms with Gasteiger partial charge in [-0.3, -0.25) is 4.79 Å². The molecule has 0 spiro atoms. The molecule has 2 aromatic rings. The minimum atomic E-state index is -4.49. The van der Waals surface area contributed by atoms with Crippen LogP contribution < -0.4 is 10.6 Å². The fraction of sp³-hybridized carbons (Fsp3) is 0.333. The Kier molecular flexibility index (Phi) is 5.09. The summed E-state index contributed by atoms with van der Waals surface area (Å²) >= 11 is 5.83. The first kappa shape index (κ1) is 18.5. The van der Waals surface area contributed by atoms with Crippen LogP contribution in [0.15, 0.2) is 42.6 Å². The number of pyridine rings is 1. The summed E-state index contributed by atoms with van der Waals surface area (Å²) in [5, 5.41) is 5.57. The van der Waals surface area contributed by atoms with Crippen molar-refractivity contribution in [2.45, 2.75) is 24.4 Å². The zero-order valence-corrected chi connectivity index (χ0v) is 14.5. The first-order chi connectivity index (χ1) is 12.3. The van der Waals surface area contributed by atoms with Crippen molar-refractivity contribution in [3.05, 3.63) is 58.7 Å². The molecule has 0 saturated heterocycles. The predicted octanol–water partition coefficient (Wildman–Crippen LogP) is 4.01. The number of carbonyl (C=O) groups is 1. The quantitative estimate of drug-likeness (QED) is 0.741. The second kappa shape index (κ2) is 7.15. The van der Waals surface area contributed by atoms with E-state index in [9.17, 15) is 18.0 Å². The van der Waals surface area contributed by atoms with E-state index in [0.717, 1.165) is 30.7 Å². The molecular weight excluding hydrogens is 367 g/mol. The average molecular weight is 384 g/mol. The number of nitrogens with zero attached hydrogens (tertiary/aromatic N) is 1. The van der Waals surface area contributed by atoms with Gasteiger partial charge in [0, 0.05) is 19.3 Å². The number of halogens is 4. The number of rotatable bonds is 6. The molecular formula is C18H17ClF3N3O. The third-order valence-corrected chi connectivity index (χ3v) is 4.67. The van der Waals surface area contributed by atoms with Crippen molar-refractivity contribution >= 4 is 23.3 Å². The van der Waals surface area contributed by atoms with Gasteiger partial charge in [-0.25, -0.2) is 4.98 Å². The van der Waals surface area contributed by atoms with E-state index in [4.69, 9.17) is 11.6 Å². The number of benzene rings is 1. The lowest BCUT2D eigenvalue weighted by Gasteiger charge is -2.16. The number of anilines is 1. The lowest BCUT2D eigenvalue weighted by Crippen LogP contribution is -2.37. The fourth-order valence-electron chi connectivity index (χ4n) is 2.78. The van der Waals surface area contributed by atoms with E-state index in [2.05, 4.69) is 15.6 Å². The highest BCUT2D eigenvalue weighted by Crippen LogP contribution is 2.48. The van der Waals surface area contributed by atoms with E-state index in [1.165, 1.54) is 0 Å². The molecule has 2 N–H and O–H groups in total. The summed E-state index contributed by atoms with van der Waals surface area (Å²) in [7, 11) is 0. The first-order valence-corrected chi connectivity index (χ1v) is 8.51. The average Bonchev–Trinajstić information content (AvgIpc) is 3.41. The minimum absolute atomic E-state index is 0.0445. The van der Waals surface area contributed by atoms with Gasteiger partial charge in [0.1, 0.15) is 5.82 Å². The van der Waals surface area contributed by atoms with Crippen molar-refractivity contribution in [3.8, 4) is 0 Å². The Labute approximate surface area is 153 Å². The Morgan fingerprint density at radius 3 is 2.46 bits per heavy atom. The smallest absolute Gasteiger partial charge is 0.367 e. The Balaban J connectivity index is 1.51. The maximum atomic E-state index is 12.6. The van der Waals surface area contributed by atoms with Crippen molar-refractivity contribution in [2.75, 3.05) is 18.4 Å². The SMILES string of the molecule is O=C(NCCNc1ncc(C(F)(F)F)cc1Cl)C1(c2ccccc2)CC1. The largest absolute Gasteiger partial charge is 0.417 e. The van der Waals surface area contributed by atoms with E-state index < -0.39 is 17.2 Å². The maximum Gasteiger partial charge on any atom is 0.417 e. The van der Waals surface area contributed by atoms with Crippen molar-refractivity contribution in [2.24, 2.45) is 0 Å². The molecule has 1 aromatic heterocycles. The molecule has 0 bridgehead atoms. The van der Waals surface area contributed by atoms with Gasteiger partial charge >= 0.3 is 6.18 Å². The van der Waals surface area contributed by atoms with Gasteiger partial charge in [-0.1, -0.05) is 41.9 Å². The van der Waals surface area contributed by atoms with Crippen LogP contribution in [0.3, 0.4) is 0 Å². The molecule has 1 amide bonds. The third-order valence-electron chi connectivity index (χ3n) is 4.38. The predicted molar refractivity (Wildman–Crippen MR) is 93.1 cm³/mol. The normalized spacial score (nSPS) is 15.4. The summed E-state index contributed by atoms with van der Waals surface area (Å²) in [6.45, 7) is 0.612. The van der Waals surface area contributed by atoms with Gasteiger partial charge in [0.15, 0.2) is 0 Å². The molecule has 4 nitrogen and oxygen atoms in total. The highest BCUT2D eigenvalue weighted by Gasteiger charge is 2.50. The van der Waals surface area contributed by atoms with E-state index in [1.54, 1.807) is 0 Å². The summed E-state index contributed by atoms with van der Waals surface area (Å²) < 4.78 is 37.8. The van der Waals surface area contributed by atoms with Gasteiger partial charge in [-0.05, 0) is 24.5 Å². The number of hydrogen-bond donors (Lipinski definition) is 2. The number of nitrogens with one attached hydrogen (secondary N) is 2. The zero-order chi connectivity index (χ0) is 18.8. The lowest BCUT2D eigenvalue weighted by atomic mass is 9.95. The van der Waals surface area contributed by atoms with Crippen LogP contribution in [-0.2, 0) is 16.4 Å². The van der Waals surface area contributed by atoms with Crippen LogP contribution in [0.1, 0.15) is 24.0 Å². The molecule has 1 heterocycles. The molecule has 0 aliphatic heterocycles. The molecule has 1 saturated carbocycles. The number of alkyl halides is 3. The number of amides is 1. The van der Waals surface area contributed by atoms with Crippen LogP contribution in [0.2, 0.25) is 5.02 Å². The van der Waals surface area contributed by atoms with Crippen molar-refractivity contribution in [3.63, 3.8) is 0 Å². The van der Waals surface area contributed by atoms with Crippen LogP contribution in [0.5, 0.6) is 0 Å². The standard InChI is InChI=1S/C18H17ClF3N3O/c19-14-10-13(18(20,21)22)11-25-15(14)23-8-9-24-16(26)17(6-7-17)12-4-2-1-3-5-12/h1-5,10-11H,6-9H2,(H,23,25)(H,24,26). The second-order valence-corrected chi connectivity index (χ2v) is 6.59. The molecule has 3 rings (SSSR count). The van der Waals surface area contributed by atoms with Crippen LogP contribution in [0, 0.1) is 0 Å².